The number of nitrogens with zero attached hydrogens (tertiary/aromatic N) is 1. The average Bonchev–Trinajstić information content (AvgIpc) is 2.37. The first-order chi connectivity index (χ1) is 8.63. The lowest BCUT2D eigenvalue weighted by Gasteiger charge is -2.15. The van der Waals surface area contributed by atoms with E-state index in [1.165, 1.54) is 24.8 Å². The Labute approximate surface area is 111 Å². The van der Waals surface area contributed by atoms with Crippen molar-refractivity contribution in [3.05, 3.63) is 35.4 Å². The van der Waals surface area contributed by atoms with Crippen molar-refractivity contribution in [2.24, 2.45) is 0 Å². The van der Waals surface area contributed by atoms with E-state index < -0.39 is 0 Å². The Morgan fingerprint density at radius 1 is 1.11 bits per heavy atom. The number of Topliss-reactive ketones (excluding diaryl/α,β-unsaturated/α-hetero) is 1. The first kappa shape index (κ1) is 14.9. The molecule has 0 aliphatic rings. The van der Waals surface area contributed by atoms with Crippen LogP contribution in [-0.4, -0.2) is 30.8 Å². The molecule has 100 valence electrons. The summed E-state index contributed by atoms with van der Waals surface area (Å²) in [5, 5.41) is 0. The molecule has 0 N–H and O–H groups in total. The lowest BCUT2D eigenvalue weighted by Crippen LogP contribution is -2.23. The molecule has 0 fully saturated rings. The Kier molecular flexibility index (Phi) is 6.66. The predicted molar refractivity (Wildman–Crippen MR) is 77.1 cm³/mol. The summed E-state index contributed by atoms with van der Waals surface area (Å²) in [4.78, 5) is 14.2. The van der Waals surface area contributed by atoms with Gasteiger partial charge in [-0.05, 0) is 26.9 Å². The van der Waals surface area contributed by atoms with Crippen molar-refractivity contribution in [2.45, 2.75) is 39.5 Å². The van der Waals surface area contributed by atoms with Gasteiger partial charge in [-0.3, -0.25) is 4.79 Å². The molecule has 0 aliphatic heterocycles. The van der Waals surface area contributed by atoms with Gasteiger partial charge in [-0.15, -0.1) is 0 Å². The lowest BCUT2D eigenvalue weighted by atomic mass is 10.1. The standard InChI is InChI=1S/C16H25NO/c1-4-5-6-12-17(3)13-11-16(18)15-9-7-14(2)8-10-15/h7-10H,4-6,11-13H2,1-3H3. The molecule has 18 heavy (non-hydrogen) atoms. The van der Waals surface area contributed by atoms with Gasteiger partial charge in [0.2, 0.25) is 0 Å². The molecule has 0 radical (unpaired) electrons. The fourth-order valence-electron chi connectivity index (χ4n) is 1.92. The molecule has 1 rings (SSSR count). The molecule has 0 unspecified atom stereocenters. The highest BCUT2D eigenvalue weighted by Gasteiger charge is 2.07. The average molecular weight is 247 g/mol. The largest absolute Gasteiger partial charge is 0.306 e. The minimum atomic E-state index is 0.248. The molecule has 0 spiro atoms. The molecule has 0 heterocycles. The van der Waals surface area contributed by atoms with Crippen molar-refractivity contribution in [2.75, 3.05) is 20.1 Å². The van der Waals surface area contributed by atoms with Crippen molar-refractivity contribution >= 4 is 5.78 Å². The Hall–Kier alpha value is -1.15. The highest BCUT2D eigenvalue weighted by atomic mass is 16.1. The number of benzene rings is 1. The summed E-state index contributed by atoms with van der Waals surface area (Å²) < 4.78 is 0. The molecule has 0 amide bonds. The highest BCUT2D eigenvalue weighted by Crippen LogP contribution is 2.07. The number of carbonyl (C=O) groups excluding carboxylic acids is 1. The van der Waals surface area contributed by atoms with Gasteiger partial charge in [0.25, 0.3) is 0 Å². The quantitative estimate of drug-likeness (QED) is 0.516. The van der Waals surface area contributed by atoms with E-state index in [1.54, 1.807) is 0 Å². The van der Waals surface area contributed by atoms with Crippen molar-refractivity contribution in [3.63, 3.8) is 0 Å². The predicted octanol–water partition coefficient (Wildman–Crippen LogP) is 3.69. The van der Waals surface area contributed by atoms with Gasteiger partial charge < -0.3 is 4.90 Å². The maximum atomic E-state index is 12.0. The lowest BCUT2D eigenvalue weighted by molar-refractivity contribution is 0.0969. The van der Waals surface area contributed by atoms with Crippen LogP contribution in [0, 0.1) is 6.92 Å². The summed E-state index contributed by atoms with van der Waals surface area (Å²) in [6.45, 7) is 6.20. The van der Waals surface area contributed by atoms with E-state index in [9.17, 15) is 4.79 Å². The van der Waals surface area contributed by atoms with Gasteiger partial charge in [0.1, 0.15) is 0 Å². The normalized spacial score (nSPS) is 10.9. The van der Waals surface area contributed by atoms with Crippen molar-refractivity contribution in [1.82, 2.24) is 4.90 Å². The molecule has 0 aliphatic carbocycles. The third-order valence-corrected chi connectivity index (χ3v) is 3.24. The van der Waals surface area contributed by atoms with E-state index in [4.69, 9.17) is 0 Å². The van der Waals surface area contributed by atoms with Crippen LogP contribution < -0.4 is 0 Å². The van der Waals surface area contributed by atoms with E-state index in [0.29, 0.717) is 6.42 Å². The van der Waals surface area contributed by atoms with Gasteiger partial charge in [-0.1, -0.05) is 49.6 Å². The minimum absolute atomic E-state index is 0.248. The summed E-state index contributed by atoms with van der Waals surface area (Å²) in [7, 11) is 2.10. The number of ketones is 1. The molecule has 0 bridgehead atoms. The third-order valence-electron chi connectivity index (χ3n) is 3.24. The molecule has 0 aromatic heterocycles. The second-order valence-electron chi connectivity index (χ2n) is 5.05. The van der Waals surface area contributed by atoms with E-state index in [1.807, 2.05) is 31.2 Å². The Morgan fingerprint density at radius 2 is 1.78 bits per heavy atom. The first-order valence-corrected chi connectivity index (χ1v) is 6.92. The maximum absolute atomic E-state index is 12.0. The SMILES string of the molecule is CCCCCN(C)CCC(=O)c1ccc(C)cc1. The van der Waals surface area contributed by atoms with Crippen molar-refractivity contribution < 1.29 is 4.79 Å². The fourth-order valence-corrected chi connectivity index (χ4v) is 1.92. The van der Waals surface area contributed by atoms with Crippen LogP contribution in [0.1, 0.15) is 48.5 Å². The molecule has 1 aromatic carbocycles. The maximum Gasteiger partial charge on any atom is 0.164 e. The van der Waals surface area contributed by atoms with Gasteiger partial charge in [-0.2, -0.15) is 0 Å². The highest BCUT2D eigenvalue weighted by molar-refractivity contribution is 5.96. The van der Waals surface area contributed by atoms with Crippen molar-refractivity contribution in [3.8, 4) is 0 Å². The van der Waals surface area contributed by atoms with Crippen LogP contribution in [0.15, 0.2) is 24.3 Å². The van der Waals surface area contributed by atoms with Gasteiger partial charge >= 0.3 is 0 Å². The monoisotopic (exact) mass is 247 g/mol. The molecule has 0 saturated carbocycles. The van der Waals surface area contributed by atoms with Crippen LogP contribution in [0.3, 0.4) is 0 Å². The van der Waals surface area contributed by atoms with Crippen LogP contribution in [-0.2, 0) is 0 Å². The summed E-state index contributed by atoms with van der Waals surface area (Å²) in [6.07, 6.45) is 4.36. The van der Waals surface area contributed by atoms with E-state index >= 15 is 0 Å². The second-order valence-corrected chi connectivity index (χ2v) is 5.05. The summed E-state index contributed by atoms with van der Waals surface area (Å²) in [5.74, 6) is 0.248. The smallest absolute Gasteiger partial charge is 0.164 e. The molecule has 1 aromatic rings. The first-order valence-electron chi connectivity index (χ1n) is 6.92. The second kappa shape index (κ2) is 8.04. The summed E-state index contributed by atoms with van der Waals surface area (Å²) in [5.41, 5.74) is 2.03. The Bertz CT molecular complexity index is 356. The van der Waals surface area contributed by atoms with E-state index in [2.05, 4.69) is 18.9 Å². The molecule has 0 saturated heterocycles. The van der Waals surface area contributed by atoms with Crippen LogP contribution in [0.5, 0.6) is 0 Å². The number of hydrogen-bond donors (Lipinski definition) is 0. The van der Waals surface area contributed by atoms with Gasteiger partial charge in [0, 0.05) is 18.5 Å². The number of unbranched alkanes of at least 4 members (excludes halogenated alkanes) is 2. The van der Waals surface area contributed by atoms with Crippen LogP contribution in [0.4, 0.5) is 0 Å². The van der Waals surface area contributed by atoms with Crippen molar-refractivity contribution in [1.29, 1.82) is 0 Å². The Morgan fingerprint density at radius 3 is 2.39 bits per heavy atom. The fraction of sp³-hybridized carbons (Fsp3) is 0.562. The molecular weight excluding hydrogens is 222 g/mol. The molecule has 2 heteroatoms. The van der Waals surface area contributed by atoms with Gasteiger partial charge in [0.15, 0.2) is 5.78 Å². The van der Waals surface area contributed by atoms with E-state index in [0.717, 1.165) is 18.7 Å². The zero-order valence-electron chi connectivity index (χ0n) is 11.9. The molecular formula is C16H25NO. The molecule has 2 nitrogen and oxygen atoms in total. The number of carbonyl (C=O) groups is 1. The van der Waals surface area contributed by atoms with Crippen LogP contribution in [0.2, 0.25) is 0 Å². The number of rotatable bonds is 8. The zero-order valence-corrected chi connectivity index (χ0v) is 11.9. The van der Waals surface area contributed by atoms with E-state index in [-0.39, 0.29) is 5.78 Å². The van der Waals surface area contributed by atoms with Crippen LogP contribution in [0.25, 0.3) is 0 Å². The van der Waals surface area contributed by atoms with Gasteiger partial charge in [0.05, 0.1) is 0 Å². The minimum Gasteiger partial charge on any atom is -0.306 e. The topological polar surface area (TPSA) is 20.3 Å². The zero-order chi connectivity index (χ0) is 13.4. The summed E-state index contributed by atoms with van der Waals surface area (Å²) in [6, 6.07) is 7.85. The van der Waals surface area contributed by atoms with Gasteiger partial charge in [-0.25, -0.2) is 0 Å². The third kappa shape index (κ3) is 5.46. The summed E-state index contributed by atoms with van der Waals surface area (Å²) >= 11 is 0. The molecule has 0 atom stereocenters. The number of hydrogen-bond acceptors (Lipinski definition) is 2. The number of aryl methyl sites for hydroxylation is 1. The Balaban J connectivity index is 2.30. The van der Waals surface area contributed by atoms with Crippen LogP contribution >= 0.6 is 0 Å².